The number of hydrogen-bond donors (Lipinski definition) is 2. The van der Waals surface area contributed by atoms with Crippen molar-refractivity contribution in [3.63, 3.8) is 0 Å². The first-order valence-electron chi connectivity index (χ1n) is 8.39. The molecule has 2 aromatic rings. The van der Waals surface area contributed by atoms with Crippen molar-refractivity contribution < 1.29 is 14.6 Å². The van der Waals surface area contributed by atoms with Gasteiger partial charge < -0.3 is 15.6 Å². The molecule has 0 bridgehead atoms. The summed E-state index contributed by atoms with van der Waals surface area (Å²) in [4.78, 5) is 21.8. The molecular weight excluding hydrogens is 320 g/mol. The summed E-state index contributed by atoms with van der Waals surface area (Å²) in [5.74, 6) is 0.634. The number of primary amides is 1. The lowest BCUT2D eigenvalue weighted by Gasteiger charge is -2.27. The van der Waals surface area contributed by atoms with Gasteiger partial charge in [-0.3, -0.25) is 9.88 Å². The second-order valence-electron chi connectivity index (χ2n) is 6.60. The number of ether oxygens (including phenoxy) is 1. The second-order valence-corrected chi connectivity index (χ2v) is 6.60. The number of amides is 2. The van der Waals surface area contributed by atoms with Crippen LogP contribution in [0.3, 0.4) is 0 Å². The molecule has 7 nitrogen and oxygen atoms in total. The van der Waals surface area contributed by atoms with E-state index in [0.29, 0.717) is 25.4 Å². The Morgan fingerprint density at radius 3 is 2.88 bits per heavy atom. The number of pyridine rings is 2. The highest BCUT2D eigenvalue weighted by atomic mass is 16.5. The minimum Gasteiger partial charge on any atom is -0.383 e. The molecule has 1 unspecified atom stereocenters. The fraction of sp³-hybridized carbons (Fsp3) is 0.389. The van der Waals surface area contributed by atoms with Crippen molar-refractivity contribution in [3.05, 3.63) is 41.9 Å². The quantitative estimate of drug-likeness (QED) is 0.864. The van der Waals surface area contributed by atoms with E-state index in [1.54, 1.807) is 18.6 Å². The number of hydrogen-bond acceptors (Lipinski definition) is 5. The van der Waals surface area contributed by atoms with Crippen LogP contribution in [0.2, 0.25) is 0 Å². The number of carbonyl (C=O) groups excluding carboxylic acids is 1. The van der Waals surface area contributed by atoms with Gasteiger partial charge in [0.05, 0.1) is 6.61 Å². The lowest BCUT2D eigenvalue weighted by molar-refractivity contribution is 0.0229. The topological polar surface area (TPSA) is 102 Å². The maximum Gasteiger partial charge on any atom is 0.320 e. The largest absolute Gasteiger partial charge is 0.383 e. The number of aliphatic hydroxyl groups is 1. The number of carbonyl (C=O) groups is 1. The Hall–Kier alpha value is -2.51. The highest BCUT2D eigenvalue weighted by Crippen LogP contribution is 2.33. The highest BCUT2D eigenvalue weighted by molar-refractivity contribution is 5.91. The average molecular weight is 340 g/mol. The third kappa shape index (κ3) is 2.85. The molecule has 7 heteroatoms. The summed E-state index contributed by atoms with van der Waals surface area (Å²) in [5, 5.41) is 10.7. The minimum atomic E-state index is -0.979. The van der Waals surface area contributed by atoms with E-state index in [-0.39, 0.29) is 6.61 Å². The number of urea groups is 1. The van der Waals surface area contributed by atoms with E-state index in [0.717, 1.165) is 35.1 Å². The Morgan fingerprint density at radius 2 is 2.12 bits per heavy atom. The molecule has 1 fully saturated rings. The zero-order valence-corrected chi connectivity index (χ0v) is 13.8. The van der Waals surface area contributed by atoms with Gasteiger partial charge in [0.25, 0.3) is 0 Å². The Morgan fingerprint density at radius 1 is 1.28 bits per heavy atom. The molecule has 1 atom stereocenters. The summed E-state index contributed by atoms with van der Waals surface area (Å²) in [5.41, 5.74) is 7.98. The van der Waals surface area contributed by atoms with Gasteiger partial charge in [-0.1, -0.05) is 0 Å². The van der Waals surface area contributed by atoms with Crippen LogP contribution < -0.4 is 10.6 Å². The molecule has 2 aliphatic rings. The zero-order chi connectivity index (χ0) is 17.4. The van der Waals surface area contributed by atoms with Crippen molar-refractivity contribution in [2.75, 3.05) is 24.7 Å². The van der Waals surface area contributed by atoms with Crippen molar-refractivity contribution >= 4 is 11.8 Å². The first kappa shape index (κ1) is 16.0. The SMILES string of the molecule is NC(=O)N1CCCc2cc(-c3cncc(C4(O)CCOC4)c3)cnc21. The van der Waals surface area contributed by atoms with E-state index in [1.165, 1.54) is 4.90 Å². The molecule has 0 aliphatic carbocycles. The van der Waals surface area contributed by atoms with Gasteiger partial charge in [0.1, 0.15) is 11.4 Å². The molecular formula is C18H20N4O3. The van der Waals surface area contributed by atoms with Crippen molar-refractivity contribution in [2.45, 2.75) is 24.9 Å². The first-order chi connectivity index (χ1) is 12.1. The van der Waals surface area contributed by atoms with E-state index in [9.17, 15) is 9.90 Å². The molecule has 1 saturated heterocycles. The number of aromatic nitrogens is 2. The molecule has 2 amide bonds. The van der Waals surface area contributed by atoms with Crippen molar-refractivity contribution in [3.8, 4) is 11.1 Å². The average Bonchev–Trinajstić information content (AvgIpc) is 3.08. The molecule has 4 rings (SSSR count). The molecule has 0 aromatic carbocycles. The van der Waals surface area contributed by atoms with Crippen LogP contribution in [0.15, 0.2) is 30.7 Å². The van der Waals surface area contributed by atoms with Gasteiger partial charge in [-0.25, -0.2) is 9.78 Å². The maximum atomic E-state index is 11.6. The maximum absolute atomic E-state index is 11.6. The van der Waals surface area contributed by atoms with Crippen molar-refractivity contribution in [1.82, 2.24) is 9.97 Å². The molecule has 0 spiro atoms. The predicted octanol–water partition coefficient (Wildman–Crippen LogP) is 1.58. The van der Waals surface area contributed by atoms with Crippen LogP contribution in [-0.4, -0.2) is 40.9 Å². The normalized spacial score (nSPS) is 22.7. The summed E-state index contributed by atoms with van der Waals surface area (Å²) < 4.78 is 5.33. The number of aryl methyl sites for hydroxylation is 1. The van der Waals surface area contributed by atoms with Gasteiger partial charge >= 0.3 is 6.03 Å². The van der Waals surface area contributed by atoms with Crippen LogP contribution in [0, 0.1) is 0 Å². The fourth-order valence-electron chi connectivity index (χ4n) is 3.47. The predicted molar refractivity (Wildman–Crippen MR) is 92.1 cm³/mol. The molecule has 4 heterocycles. The second kappa shape index (κ2) is 6.09. The lowest BCUT2D eigenvalue weighted by Crippen LogP contribution is -2.40. The molecule has 0 radical (unpaired) electrons. The van der Waals surface area contributed by atoms with Crippen LogP contribution in [0.4, 0.5) is 10.6 Å². The highest BCUT2D eigenvalue weighted by Gasteiger charge is 2.34. The van der Waals surface area contributed by atoms with E-state index >= 15 is 0 Å². The Balaban J connectivity index is 1.70. The van der Waals surface area contributed by atoms with Crippen LogP contribution >= 0.6 is 0 Å². The minimum absolute atomic E-state index is 0.286. The number of nitrogens with two attached hydrogens (primary N) is 1. The van der Waals surface area contributed by atoms with Gasteiger partial charge in [0.15, 0.2) is 0 Å². The van der Waals surface area contributed by atoms with Gasteiger partial charge in [-0.15, -0.1) is 0 Å². The molecule has 2 aliphatic heterocycles. The van der Waals surface area contributed by atoms with E-state index in [2.05, 4.69) is 9.97 Å². The summed E-state index contributed by atoms with van der Waals surface area (Å²) in [7, 11) is 0. The van der Waals surface area contributed by atoms with Gasteiger partial charge in [0.2, 0.25) is 0 Å². The third-order valence-corrected chi connectivity index (χ3v) is 4.90. The lowest BCUT2D eigenvalue weighted by atomic mass is 9.92. The zero-order valence-electron chi connectivity index (χ0n) is 13.8. The standard InChI is InChI=1S/C18H20N4O3/c19-17(23)22-4-1-2-12-6-13(9-21-16(12)22)14-7-15(10-20-8-14)18(24)3-5-25-11-18/h6-10,24H,1-5,11H2,(H2,19,23). The van der Waals surface area contributed by atoms with Gasteiger partial charge in [-0.2, -0.15) is 0 Å². The molecule has 25 heavy (non-hydrogen) atoms. The summed E-state index contributed by atoms with van der Waals surface area (Å²) in [6, 6.07) is 3.47. The molecule has 2 aromatic heterocycles. The molecule has 130 valence electrons. The summed E-state index contributed by atoms with van der Waals surface area (Å²) >= 11 is 0. The van der Waals surface area contributed by atoms with Crippen LogP contribution in [-0.2, 0) is 16.8 Å². The Kier molecular flexibility index (Phi) is 3.89. The first-order valence-corrected chi connectivity index (χ1v) is 8.39. The van der Waals surface area contributed by atoms with E-state index < -0.39 is 11.6 Å². The monoisotopic (exact) mass is 340 g/mol. The Bertz CT molecular complexity index is 818. The summed E-state index contributed by atoms with van der Waals surface area (Å²) in [6.45, 7) is 1.43. The summed E-state index contributed by atoms with van der Waals surface area (Å²) in [6.07, 6.45) is 7.42. The van der Waals surface area contributed by atoms with Gasteiger partial charge in [0, 0.05) is 54.9 Å². The number of rotatable bonds is 2. The smallest absolute Gasteiger partial charge is 0.320 e. The third-order valence-electron chi connectivity index (χ3n) is 4.90. The van der Waals surface area contributed by atoms with E-state index in [1.807, 2.05) is 12.1 Å². The van der Waals surface area contributed by atoms with Crippen molar-refractivity contribution in [2.24, 2.45) is 5.73 Å². The molecule has 0 saturated carbocycles. The number of fused-ring (bicyclic) bond motifs is 1. The molecule has 3 N–H and O–H groups in total. The Labute approximate surface area is 145 Å². The van der Waals surface area contributed by atoms with E-state index in [4.69, 9.17) is 10.5 Å². The number of nitrogens with zero attached hydrogens (tertiary/aromatic N) is 3. The van der Waals surface area contributed by atoms with Crippen LogP contribution in [0.5, 0.6) is 0 Å². The number of anilines is 1. The van der Waals surface area contributed by atoms with Crippen LogP contribution in [0.25, 0.3) is 11.1 Å². The fourth-order valence-corrected chi connectivity index (χ4v) is 3.47. The van der Waals surface area contributed by atoms with Crippen LogP contribution in [0.1, 0.15) is 24.0 Å². The van der Waals surface area contributed by atoms with Gasteiger partial charge in [-0.05, 0) is 30.5 Å². The van der Waals surface area contributed by atoms with Crippen molar-refractivity contribution in [1.29, 1.82) is 0 Å².